The van der Waals surface area contributed by atoms with Crippen molar-refractivity contribution >= 4 is 17.5 Å². The second-order valence-electron chi connectivity index (χ2n) is 8.30. The number of anilines is 1. The molecule has 1 atom stereocenters. The van der Waals surface area contributed by atoms with Crippen molar-refractivity contribution in [1.82, 2.24) is 14.7 Å². The molecule has 1 aromatic carbocycles. The van der Waals surface area contributed by atoms with Gasteiger partial charge in [-0.1, -0.05) is 18.2 Å². The first-order valence-electron chi connectivity index (χ1n) is 10.5. The van der Waals surface area contributed by atoms with E-state index in [-0.39, 0.29) is 11.8 Å². The maximum atomic E-state index is 12.6. The number of benzene rings is 1. The lowest BCUT2D eigenvalue weighted by Gasteiger charge is -2.37. The SMILES string of the molecule is Cc1cccc(C)c1NC(=O)CN1CCN(CC(=O)N2CCCCC2C)CC1. The number of likely N-dealkylation sites (tertiary alicyclic amines) is 1. The van der Waals surface area contributed by atoms with E-state index < -0.39 is 0 Å². The average Bonchev–Trinajstić information content (AvgIpc) is 2.67. The predicted octanol–water partition coefficient (Wildman–Crippen LogP) is 2.26. The van der Waals surface area contributed by atoms with Gasteiger partial charge in [-0.3, -0.25) is 19.4 Å². The van der Waals surface area contributed by atoms with Crippen LogP contribution in [-0.2, 0) is 9.59 Å². The highest BCUT2D eigenvalue weighted by molar-refractivity contribution is 5.93. The number of amides is 2. The van der Waals surface area contributed by atoms with Gasteiger partial charge >= 0.3 is 0 Å². The summed E-state index contributed by atoms with van der Waals surface area (Å²) in [5.74, 6) is 0.289. The third-order valence-corrected chi connectivity index (χ3v) is 6.06. The summed E-state index contributed by atoms with van der Waals surface area (Å²) < 4.78 is 0. The van der Waals surface area contributed by atoms with Crippen LogP contribution in [0.5, 0.6) is 0 Å². The third-order valence-electron chi connectivity index (χ3n) is 6.06. The van der Waals surface area contributed by atoms with E-state index in [1.54, 1.807) is 0 Å². The Labute approximate surface area is 168 Å². The topological polar surface area (TPSA) is 55.9 Å². The highest BCUT2D eigenvalue weighted by Crippen LogP contribution is 2.19. The van der Waals surface area contributed by atoms with Crippen LogP contribution in [0.1, 0.15) is 37.3 Å². The molecule has 2 aliphatic rings. The molecule has 0 aromatic heterocycles. The summed E-state index contributed by atoms with van der Waals surface area (Å²) in [5, 5.41) is 3.06. The van der Waals surface area contributed by atoms with Gasteiger partial charge in [-0.25, -0.2) is 0 Å². The monoisotopic (exact) mass is 386 g/mol. The van der Waals surface area contributed by atoms with Gasteiger partial charge in [-0.2, -0.15) is 0 Å². The summed E-state index contributed by atoms with van der Waals surface area (Å²) in [7, 11) is 0. The number of piperazine rings is 1. The van der Waals surface area contributed by atoms with Gasteiger partial charge in [0.05, 0.1) is 13.1 Å². The van der Waals surface area contributed by atoms with Gasteiger partial charge in [0.25, 0.3) is 0 Å². The molecule has 2 fully saturated rings. The summed E-state index contributed by atoms with van der Waals surface area (Å²) in [6, 6.07) is 6.41. The van der Waals surface area contributed by atoms with Crippen LogP contribution in [0.4, 0.5) is 5.69 Å². The van der Waals surface area contributed by atoms with Gasteiger partial charge in [0.15, 0.2) is 0 Å². The second kappa shape index (κ2) is 9.52. The van der Waals surface area contributed by atoms with E-state index in [4.69, 9.17) is 0 Å². The van der Waals surface area contributed by atoms with E-state index >= 15 is 0 Å². The van der Waals surface area contributed by atoms with E-state index in [9.17, 15) is 9.59 Å². The number of carbonyl (C=O) groups is 2. The zero-order valence-electron chi connectivity index (χ0n) is 17.5. The highest BCUT2D eigenvalue weighted by Gasteiger charge is 2.26. The molecule has 28 heavy (non-hydrogen) atoms. The lowest BCUT2D eigenvalue weighted by molar-refractivity contribution is -0.136. The molecule has 2 aliphatic heterocycles. The Morgan fingerprint density at radius 3 is 2.18 bits per heavy atom. The molecule has 0 saturated carbocycles. The number of hydrogen-bond acceptors (Lipinski definition) is 4. The van der Waals surface area contributed by atoms with Crippen molar-refractivity contribution < 1.29 is 9.59 Å². The Balaban J connectivity index is 1.42. The van der Waals surface area contributed by atoms with Crippen LogP contribution in [-0.4, -0.2) is 78.4 Å². The summed E-state index contributed by atoms with van der Waals surface area (Å²) in [4.78, 5) is 31.5. The zero-order chi connectivity index (χ0) is 20.1. The summed E-state index contributed by atoms with van der Waals surface area (Å²) in [5.41, 5.74) is 3.10. The minimum atomic E-state index is 0.0315. The summed E-state index contributed by atoms with van der Waals surface area (Å²) in [6.07, 6.45) is 3.47. The van der Waals surface area contributed by atoms with E-state index in [2.05, 4.69) is 22.0 Å². The molecule has 0 aliphatic carbocycles. The van der Waals surface area contributed by atoms with Crippen molar-refractivity contribution in [3.8, 4) is 0 Å². The summed E-state index contributed by atoms with van der Waals surface area (Å²) in [6.45, 7) is 11.3. The number of nitrogens with zero attached hydrogens (tertiary/aromatic N) is 3. The number of hydrogen-bond donors (Lipinski definition) is 1. The Morgan fingerprint density at radius 2 is 1.57 bits per heavy atom. The van der Waals surface area contributed by atoms with Crippen LogP contribution in [0.15, 0.2) is 18.2 Å². The molecular weight excluding hydrogens is 352 g/mol. The molecule has 1 aromatic rings. The largest absolute Gasteiger partial charge is 0.339 e. The molecule has 154 valence electrons. The lowest BCUT2D eigenvalue weighted by Crippen LogP contribution is -2.53. The van der Waals surface area contributed by atoms with E-state index in [1.807, 2.05) is 36.9 Å². The van der Waals surface area contributed by atoms with Crippen molar-refractivity contribution in [2.75, 3.05) is 51.1 Å². The molecule has 3 rings (SSSR count). The standard InChI is InChI=1S/C22H34N4O2/c1-17-7-6-8-18(2)22(17)23-20(27)15-24-11-13-25(14-12-24)16-21(28)26-10-5-4-9-19(26)3/h6-8,19H,4-5,9-16H2,1-3H3,(H,23,27). The molecule has 0 spiro atoms. The smallest absolute Gasteiger partial charge is 0.238 e. The number of para-hydroxylation sites is 1. The predicted molar refractivity (Wildman–Crippen MR) is 112 cm³/mol. The van der Waals surface area contributed by atoms with Crippen LogP contribution < -0.4 is 5.32 Å². The fraction of sp³-hybridized carbons (Fsp3) is 0.636. The normalized spacial score (nSPS) is 21.5. The number of carbonyl (C=O) groups excluding carboxylic acids is 2. The van der Waals surface area contributed by atoms with Crippen LogP contribution in [0.3, 0.4) is 0 Å². The first kappa shape index (κ1) is 20.8. The van der Waals surface area contributed by atoms with Gasteiger partial charge in [0.2, 0.25) is 11.8 Å². The van der Waals surface area contributed by atoms with E-state index in [0.717, 1.165) is 62.4 Å². The third kappa shape index (κ3) is 5.32. The second-order valence-corrected chi connectivity index (χ2v) is 8.30. The highest BCUT2D eigenvalue weighted by atomic mass is 16.2. The van der Waals surface area contributed by atoms with Crippen LogP contribution in [0.25, 0.3) is 0 Å². The molecule has 2 amide bonds. The van der Waals surface area contributed by atoms with Crippen molar-refractivity contribution in [3.05, 3.63) is 29.3 Å². The Morgan fingerprint density at radius 1 is 0.964 bits per heavy atom. The zero-order valence-corrected chi connectivity index (χ0v) is 17.5. The van der Waals surface area contributed by atoms with Crippen molar-refractivity contribution in [1.29, 1.82) is 0 Å². The average molecular weight is 387 g/mol. The molecule has 2 saturated heterocycles. The number of nitrogens with one attached hydrogen (secondary N) is 1. The molecule has 6 nitrogen and oxygen atoms in total. The van der Waals surface area contributed by atoms with E-state index in [0.29, 0.717) is 19.1 Å². The minimum absolute atomic E-state index is 0.0315. The number of piperidine rings is 1. The Bertz CT molecular complexity index is 678. The number of rotatable bonds is 5. The van der Waals surface area contributed by atoms with Gasteiger partial charge in [0.1, 0.15) is 0 Å². The molecule has 1 N–H and O–H groups in total. The molecule has 1 unspecified atom stereocenters. The van der Waals surface area contributed by atoms with Crippen LogP contribution in [0, 0.1) is 13.8 Å². The van der Waals surface area contributed by atoms with Gasteiger partial charge in [0, 0.05) is 44.5 Å². The van der Waals surface area contributed by atoms with Crippen LogP contribution in [0.2, 0.25) is 0 Å². The van der Waals surface area contributed by atoms with Crippen molar-refractivity contribution in [3.63, 3.8) is 0 Å². The van der Waals surface area contributed by atoms with Gasteiger partial charge in [-0.15, -0.1) is 0 Å². The van der Waals surface area contributed by atoms with E-state index in [1.165, 1.54) is 6.42 Å². The van der Waals surface area contributed by atoms with Crippen LogP contribution >= 0.6 is 0 Å². The minimum Gasteiger partial charge on any atom is -0.339 e. The van der Waals surface area contributed by atoms with Crippen molar-refractivity contribution in [2.45, 2.75) is 46.1 Å². The number of aryl methyl sites for hydroxylation is 2. The maximum Gasteiger partial charge on any atom is 0.238 e. The Hall–Kier alpha value is -1.92. The molecule has 6 heteroatoms. The summed E-state index contributed by atoms with van der Waals surface area (Å²) >= 11 is 0. The lowest BCUT2D eigenvalue weighted by atomic mass is 10.0. The maximum absolute atomic E-state index is 12.6. The first-order chi connectivity index (χ1) is 13.4. The molecular formula is C22H34N4O2. The van der Waals surface area contributed by atoms with Gasteiger partial charge < -0.3 is 10.2 Å². The Kier molecular flexibility index (Phi) is 7.08. The molecule has 0 radical (unpaired) electrons. The van der Waals surface area contributed by atoms with Gasteiger partial charge in [-0.05, 0) is 51.2 Å². The fourth-order valence-corrected chi connectivity index (χ4v) is 4.25. The van der Waals surface area contributed by atoms with Crippen molar-refractivity contribution in [2.24, 2.45) is 0 Å². The molecule has 0 bridgehead atoms. The first-order valence-corrected chi connectivity index (χ1v) is 10.5. The fourth-order valence-electron chi connectivity index (χ4n) is 4.25. The quantitative estimate of drug-likeness (QED) is 0.843. The molecule has 2 heterocycles.